The second-order valence-electron chi connectivity index (χ2n) is 6.21. The van der Waals surface area contributed by atoms with Crippen LogP contribution in [0.15, 0.2) is 30.3 Å². The maximum atomic E-state index is 12.3. The molecular weight excluding hydrogens is 280 g/mol. The molecule has 0 aromatic heterocycles. The Labute approximate surface area is 133 Å². The molecule has 0 fully saturated rings. The van der Waals surface area contributed by atoms with Gasteiger partial charge >= 0.3 is 0 Å². The van der Waals surface area contributed by atoms with E-state index in [9.17, 15) is 9.59 Å². The summed E-state index contributed by atoms with van der Waals surface area (Å²) in [7, 11) is 0. The summed E-state index contributed by atoms with van der Waals surface area (Å²) in [6.45, 7) is 10.9. The van der Waals surface area contributed by atoms with Crippen LogP contribution in [0.2, 0.25) is 0 Å². The summed E-state index contributed by atoms with van der Waals surface area (Å²) in [6.07, 6.45) is 0.311. The van der Waals surface area contributed by atoms with Crippen molar-refractivity contribution >= 4 is 17.5 Å². The predicted molar refractivity (Wildman–Crippen MR) is 88.5 cm³/mol. The van der Waals surface area contributed by atoms with Gasteiger partial charge in [0.05, 0.1) is 0 Å². The Morgan fingerprint density at radius 2 is 1.41 bits per heavy atom. The monoisotopic (exact) mass is 308 g/mol. The fraction of sp³-hybridized carbons (Fsp3) is 0.529. The summed E-state index contributed by atoms with van der Waals surface area (Å²) in [6, 6.07) is 9.16. The Balaban J connectivity index is 0.00000211. The van der Waals surface area contributed by atoms with Gasteiger partial charge in [-0.2, -0.15) is 0 Å². The number of carbonyl (C=O) groups excluding carboxylic acids is 2. The van der Waals surface area contributed by atoms with Crippen LogP contribution in [0.3, 0.4) is 0 Å². The van der Waals surface area contributed by atoms with Crippen molar-refractivity contribution < 1.29 is 14.8 Å². The first-order valence-corrected chi connectivity index (χ1v) is 7.50. The van der Waals surface area contributed by atoms with E-state index in [2.05, 4.69) is 5.32 Å². The Bertz CT molecular complexity index is 482. The van der Waals surface area contributed by atoms with Crippen LogP contribution in [0.25, 0.3) is 0 Å². The average Bonchev–Trinajstić information content (AvgIpc) is 2.48. The highest BCUT2D eigenvalue weighted by atomic mass is 16.5. The SMILES string of the molecule is CC.CC(C)(CC(C)(C)C(=O)Nc1ccccc1)C(=O)NO. The number of benzene rings is 1. The second kappa shape index (κ2) is 8.54. The van der Waals surface area contributed by atoms with Crippen LogP contribution in [0.1, 0.15) is 48.0 Å². The smallest absolute Gasteiger partial charge is 0.249 e. The minimum absolute atomic E-state index is 0.164. The van der Waals surface area contributed by atoms with Gasteiger partial charge in [0.1, 0.15) is 0 Å². The van der Waals surface area contributed by atoms with E-state index in [0.717, 1.165) is 5.69 Å². The molecule has 1 aromatic carbocycles. The molecule has 22 heavy (non-hydrogen) atoms. The lowest BCUT2D eigenvalue weighted by molar-refractivity contribution is -0.141. The normalized spacial score (nSPS) is 11.0. The van der Waals surface area contributed by atoms with Crippen molar-refractivity contribution in [3.8, 4) is 0 Å². The maximum Gasteiger partial charge on any atom is 0.249 e. The lowest BCUT2D eigenvalue weighted by Gasteiger charge is -2.32. The zero-order chi connectivity index (χ0) is 17.4. The number of rotatable bonds is 5. The molecule has 0 bridgehead atoms. The molecular formula is C17H28N2O3. The van der Waals surface area contributed by atoms with Gasteiger partial charge in [-0.05, 0) is 18.6 Å². The van der Waals surface area contributed by atoms with Gasteiger partial charge in [0.2, 0.25) is 11.8 Å². The summed E-state index contributed by atoms with van der Waals surface area (Å²) in [5.74, 6) is -0.666. The first kappa shape index (κ1) is 20.1. The molecule has 0 saturated carbocycles. The molecule has 0 unspecified atom stereocenters. The van der Waals surface area contributed by atoms with E-state index < -0.39 is 16.7 Å². The molecule has 0 radical (unpaired) electrons. The second-order valence-corrected chi connectivity index (χ2v) is 6.21. The van der Waals surface area contributed by atoms with Crippen LogP contribution in [0.5, 0.6) is 0 Å². The third-order valence-corrected chi connectivity index (χ3v) is 3.25. The maximum absolute atomic E-state index is 12.3. The van der Waals surface area contributed by atoms with Gasteiger partial charge in [-0.1, -0.05) is 59.7 Å². The number of anilines is 1. The molecule has 0 aliphatic rings. The van der Waals surface area contributed by atoms with Crippen molar-refractivity contribution in [1.82, 2.24) is 5.48 Å². The van der Waals surface area contributed by atoms with Crippen LogP contribution >= 0.6 is 0 Å². The zero-order valence-electron chi connectivity index (χ0n) is 14.4. The number of nitrogens with one attached hydrogen (secondary N) is 2. The van der Waals surface area contributed by atoms with E-state index >= 15 is 0 Å². The zero-order valence-corrected chi connectivity index (χ0v) is 14.4. The van der Waals surface area contributed by atoms with E-state index in [1.165, 1.54) is 0 Å². The van der Waals surface area contributed by atoms with Crippen molar-refractivity contribution in [2.45, 2.75) is 48.0 Å². The van der Waals surface area contributed by atoms with E-state index in [0.29, 0.717) is 6.42 Å². The molecule has 2 amide bonds. The Morgan fingerprint density at radius 3 is 1.86 bits per heavy atom. The van der Waals surface area contributed by atoms with Gasteiger partial charge in [0.25, 0.3) is 0 Å². The highest BCUT2D eigenvalue weighted by Gasteiger charge is 2.38. The van der Waals surface area contributed by atoms with E-state index in [1.54, 1.807) is 45.3 Å². The largest absolute Gasteiger partial charge is 0.326 e. The van der Waals surface area contributed by atoms with Crippen molar-refractivity contribution in [3.63, 3.8) is 0 Å². The Hall–Kier alpha value is -1.88. The first-order chi connectivity index (χ1) is 10.2. The highest BCUT2D eigenvalue weighted by Crippen LogP contribution is 2.34. The third-order valence-electron chi connectivity index (χ3n) is 3.25. The topological polar surface area (TPSA) is 78.4 Å². The number of para-hydroxylation sites is 1. The number of hydrogen-bond donors (Lipinski definition) is 3. The molecule has 1 rings (SSSR count). The molecule has 3 N–H and O–H groups in total. The fourth-order valence-electron chi connectivity index (χ4n) is 2.24. The predicted octanol–water partition coefficient (Wildman–Crippen LogP) is 3.60. The summed E-state index contributed by atoms with van der Waals surface area (Å²) in [4.78, 5) is 23.9. The van der Waals surface area contributed by atoms with Gasteiger partial charge in [0.15, 0.2) is 0 Å². The molecule has 0 aliphatic carbocycles. The molecule has 1 aromatic rings. The number of amides is 2. The molecule has 5 nitrogen and oxygen atoms in total. The summed E-state index contributed by atoms with van der Waals surface area (Å²) < 4.78 is 0. The number of carbonyl (C=O) groups is 2. The number of hydrogen-bond acceptors (Lipinski definition) is 3. The molecule has 0 spiro atoms. The minimum Gasteiger partial charge on any atom is -0.326 e. The lowest BCUT2D eigenvalue weighted by Crippen LogP contribution is -2.42. The standard InChI is InChI=1S/C15H22N2O3.C2H6/c1-14(2,10-15(3,4)13(19)17-20)12(18)16-11-8-6-5-7-9-11;1-2/h5-9,20H,10H2,1-4H3,(H,16,18)(H,17,19);1-2H3. The van der Waals surface area contributed by atoms with Crippen molar-refractivity contribution in [2.24, 2.45) is 10.8 Å². The van der Waals surface area contributed by atoms with Crippen LogP contribution in [-0.4, -0.2) is 17.0 Å². The minimum atomic E-state index is -0.841. The highest BCUT2D eigenvalue weighted by molar-refractivity contribution is 5.95. The first-order valence-electron chi connectivity index (χ1n) is 7.50. The van der Waals surface area contributed by atoms with Gasteiger partial charge < -0.3 is 5.32 Å². The Kier molecular flexibility index (Phi) is 7.81. The van der Waals surface area contributed by atoms with Crippen LogP contribution < -0.4 is 10.8 Å². The summed E-state index contributed by atoms with van der Waals surface area (Å²) in [5, 5.41) is 11.6. The summed E-state index contributed by atoms with van der Waals surface area (Å²) >= 11 is 0. The van der Waals surface area contributed by atoms with Crippen LogP contribution in [0.4, 0.5) is 5.69 Å². The molecule has 0 atom stereocenters. The van der Waals surface area contributed by atoms with Crippen molar-refractivity contribution in [1.29, 1.82) is 0 Å². The van der Waals surface area contributed by atoms with Crippen molar-refractivity contribution in [2.75, 3.05) is 5.32 Å². The molecule has 0 saturated heterocycles. The van der Waals surface area contributed by atoms with Gasteiger partial charge in [-0.25, -0.2) is 5.48 Å². The van der Waals surface area contributed by atoms with Crippen molar-refractivity contribution in [3.05, 3.63) is 30.3 Å². The van der Waals surface area contributed by atoms with Crippen LogP contribution in [0, 0.1) is 10.8 Å². The molecule has 124 valence electrons. The Morgan fingerprint density at radius 1 is 0.955 bits per heavy atom. The summed E-state index contributed by atoms with van der Waals surface area (Å²) in [5.41, 5.74) is 0.778. The molecule has 5 heteroatoms. The fourth-order valence-corrected chi connectivity index (χ4v) is 2.24. The van der Waals surface area contributed by atoms with E-state index in [1.807, 2.05) is 32.0 Å². The molecule has 0 aliphatic heterocycles. The number of hydroxylamine groups is 1. The quantitative estimate of drug-likeness (QED) is 0.574. The molecule has 0 heterocycles. The van der Waals surface area contributed by atoms with Gasteiger partial charge in [-0.3, -0.25) is 14.8 Å². The van der Waals surface area contributed by atoms with Gasteiger partial charge in [0, 0.05) is 16.5 Å². The van der Waals surface area contributed by atoms with E-state index in [4.69, 9.17) is 5.21 Å². The van der Waals surface area contributed by atoms with E-state index in [-0.39, 0.29) is 5.91 Å². The lowest BCUT2D eigenvalue weighted by atomic mass is 9.74. The average molecular weight is 308 g/mol. The van der Waals surface area contributed by atoms with Gasteiger partial charge in [-0.15, -0.1) is 0 Å². The van der Waals surface area contributed by atoms with Crippen LogP contribution in [-0.2, 0) is 9.59 Å². The third kappa shape index (κ3) is 5.85.